The number of nitrogen functional groups attached to an aromatic ring is 1. The Morgan fingerprint density at radius 3 is 2.82 bits per heavy atom. The van der Waals surface area contributed by atoms with E-state index < -0.39 is 0 Å². The Balaban J connectivity index is 2.14. The van der Waals surface area contributed by atoms with E-state index >= 15 is 0 Å². The monoisotopic (exact) mass is 311 g/mol. The van der Waals surface area contributed by atoms with Crippen LogP contribution in [0, 0.1) is 6.92 Å². The highest BCUT2D eigenvalue weighted by Gasteiger charge is 2.11. The molecule has 6 heteroatoms. The lowest BCUT2D eigenvalue weighted by Crippen LogP contribution is -2.11. The predicted molar refractivity (Wildman–Crippen MR) is 73.4 cm³/mol. The fourth-order valence-electron chi connectivity index (χ4n) is 1.24. The molecular formula is C11H10BrN3OS. The van der Waals surface area contributed by atoms with Crippen molar-refractivity contribution < 1.29 is 4.79 Å². The van der Waals surface area contributed by atoms with Gasteiger partial charge in [0.05, 0.1) is 4.88 Å². The summed E-state index contributed by atoms with van der Waals surface area (Å²) in [5, 5.41) is 2.71. The summed E-state index contributed by atoms with van der Waals surface area (Å²) >= 11 is 4.65. The van der Waals surface area contributed by atoms with Crippen LogP contribution in [-0.4, -0.2) is 10.9 Å². The number of hydrogen-bond donors (Lipinski definition) is 2. The van der Waals surface area contributed by atoms with Crippen LogP contribution in [0.2, 0.25) is 0 Å². The molecule has 0 aliphatic rings. The molecule has 0 unspecified atom stereocenters. The zero-order chi connectivity index (χ0) is 12.4. The van der Waals surface area contributed by atoms with E-state index in [1.807, 2.05) is 13.0 Å². The quantitative estimate of drug-likeness (QED) is 0.895. The molecule has 0 fully saturated rings. The van der Waals surface area contributed by atoms with Crippen LogP contribution < -0.4 is 11.1 Å². The van der Waals surface area contributed by atoms with Crippen LogP contribution in [0.1, 0.15) is 14.5 Å². The minimum atomic E-state index is -0.190. The number of pyridine rings is 1. The Morgan fingerprint density at radius 1 is 1.53 bits per heavy atom. The lowest BCUT2D eigenvalue weighted by Gasteiger charge is -2.01. The van der Waals surface area contributed by atoms with Gasteiger partial charge in [-0.1, -0.05) is 0 Å². The maximum atomic E-state index is 11.9. The summed E-state index contributed by atoms with van der Waals surface area (Å²) in [6.07, 6.45) is 1.63. The van der Waals surface area contributed by atoms with E-state index in [1.165, 1.54) is 11.3 Å². The van der Waals surface area contributed by atoms with Gasteiger partial charge < -0.3 is 11.1 Å². The van der Waals surface area contributed by atoms with Gasteiger partial charge in [-0.15, -0.1) is 11.3 Å². The van der Waals surface area contributed by atoms with Gasteiger partial charge in [-0.2, -0.15) is 0 Å². The minimum Gasteiger partial charge on any atom is -0.398 e. The average molecular weight is 312 g/mol. The summed E-state index contributed by atoms with van der Waals surface area (Å²) in [6.45, 7) is 1.88. The van der Waals surface area contributed by atoms with E-state index in [2.05, 4.69) is 26.2 Å². The molecule has 2 heterocycles. The molecule has 0 saturated heterocycles. The molecule has 2 aromatic heterocycles. The van der Waals surface area contributed by atoms with E-state index in [0.29, 0.717) is 16.4 Å². The summed E-state index contributed by atoms with van der Waals surface area (Å²) in [7, 11) is 0. The Morgan fingerprint density at radius 2 is 2.29 bits per heavy atom. The van der Waals surface area contributed by atoms with Crippen molar-refractivity contribution in [2.75, 3.05) is 11.1 Å². The molecule has 0 bridgehead atoms. The van der Waals surface area contributed by atoms with Gasteiger partial charge in [-0.05, 0) is 41.1 Å². The van der Waals surface area contributed by atoms with Crippen LogP contribution in [-0.2, 0) is 0 Å². The average Bonchev–Trinajstić information content (AvgIpc) is 2.63. The molecule has 1 amide bonds. The highest BCUT2D eigenvalue weighted by molar-refractivity contribution is 9.10. The van der Waals surface area contributed by atoms with Crippen LogP contribution in [0.4, 0.5) is 11.5 Å². The van der Waals surface area contributed by atoms with E-state index in [-0.39, 0.29) is 5.91 Å². The molecule has 2 aromatic rings. The number of hydrogen-bond acceptors (Lipinski definition) is 4. The smallest absolute Gasteiger partial charge is 0.266 e. The molecule has 3 N–H and O–H groups in total. The molecule has 0 aliphatic heterocycles. The number of anilines is 2. The summed E-state index contributed by atoms with van der Waals surface area (Å²) in [5.74, 6) is 0.326. The molecule has 4 nitrogen and oxygen atoms in total. The molecular weight excluding hydrogens is 302 g/mol. The Labute approximate surface area is 111 Å². The highest BCUT2D eigenvalue weighted by atomic mass is 79.9. The van der Waals surface area contributed by atoms with Crippen molar-refractivity contribution >= 4 is 44.7 Å². The Hall–Kier alpha value is -1.40. The lowest BCUT2D eigenvalue weighted by molar-refractivity contribution is 0.103. The van der Waals surface area contributed by atoms with Crippen molar-refractivity contribution in [1.29, 1.82) is 0 Å². The number of carbonyl (C=O) groups is 1. The van der Waals surface area contributed by atoms with E-state index in [1.54, 1.807) is 18.3 Å². The van der Waals surface area contributed by atoms with Crippen LogP contribution in [0.3, 0.4) is 0 Å². The number of carbonyl (C=O) groups excluding carboxylic acids is 1. The molecule has 17 heavy (non-hydrogen) atoms. The van der Waals surface area contributed by atoms with Crippen molar-refractivity contribution in [1.82, 2.24) is 4.98 Å². The molecule has 88 valence electrons. The van der Waals surface area contributed by atoms with Gasteiger partial charge in [0.15, 0.2) is 0 Å². The van der Waals surface area contributed by atoms with Gasteiger partial charge in [0.25, 0.3) is 5.91 Å². The van der Waals surface area contributed by atoms with Crippen molar-refractivity contribution in [3.63, 3.8) is 0 Å². The molecule has 2 rings (SSSR count). The van der Waals surface area contributed by atoms with Crippen molar-refractivity contribution in [2.45, 2.75) is 6.92 Å². The van der Waals surface area contributed by atoms with Crippen LogP contribution >= 0.6 is 27.3 Å². The van der Waals surface area contributed by atoms with Gasteiger partial charge in [0.2, 0.25) is 0 Å². The fraction of sp³-hybridized carbons (Fsp3) is 0.0909. The number of nitrogens with two attached hydrogens (primary N) is 1. The third-order valence-electron chi connectivity index (χ3n) is 2.15. The largest absolute Gasteiger partial charge is 0.398 e. The molecule has 0 atom stereocenters. The number of rotatable bonds is 2. The van der Waals surface area contributed by atoms with Gasteiger partial charge in [0.1, 0.15) is 5.82 Å². The summed E-state index contributed by atoms with van der Waals surface area (Å²) in [4.78, 5) is 17.5. The number of halogens is 1. The number of nitrogens with one attached hydrogen (secondary N) is 1. The third-order valence-corrected chi connectivity index (χ3v) is 3.68. The Kier molecular flexibility index (Phi) is 3.44. The van der Waals surface area contributed by atoms with Gasteiger partial charge in [0, 0.05) is 21.2 Å². The topological polar surface area (TPSA) is 68.0 Å². The van der Waals surface area contributed by atoms with Crippen molar-refractivity contribution in [2.24, 2.45) is 0 Å². The molecule has 0 spiro atoms. The predicted octanol–water partition coefficient (Wildman–Crippen LogP) is 3.05. The number of aromatic nitrogens is 1. The molecule has 0 radical (unpaired) electrons. The second-order valence-electron chi connectivity index (χ2n) is 3.44. The van der Waals surface area contributed by atoms with Crippen LogP contribution in [0.15, 0.2) is 28.9 Å². The van der Waals surface area contributed by atoms with Gasteiger partial charge in [-0.3, -0.25) is 4.79 Å². The number of nitrogens with zero attached hydrogens (tertiary/aromatic N) is 1. The second kappa shape index (κ2) is 4.85. The minimum absolute atomic E-state index is 0.190. The zero-order valence-corrected chi connectivity index (χ0v) is 11.4. The number of aryl methyl sites for hydroxylation is 1. The summed E-state index contributed by atoms with van der Waals surface area (Å²) in [5.41, 5.74) is 6.34. The first-order chi connectivity index (χ1) is 8.06. The second-order valence-corrected chi connectivity index (χ2v) is 5.61. The Bertz CT molecular complexity index is 531. The van der Waals surface area contributed by atoms with E-state index in [0.717, 1.165) is 9.35 Å². The maximum Gasteiger partial charge on any atom is 0.266 e. The first-order valence-electron chi connectivity index (χ1n) is 4.85. The maximum absolute atomic E-state index is 11.9. The molecule has 0 saturated carbocycles. The third kappa shape index (κ3) is 2.83. The zero-order valence-electron chi connectivity index (χ0n) is 9.03. The van der Waals surface area contributed by atoms with E-state index in [4.69, 9.17) is 5.73 Å². The molecule has 0 aromatic carbocycles. The first-order valence-corrected chi connectivity index (χ1v) is 6.46. The lowest BCUT2D eigenvalue weighted by atomic mass is 10.3. The number of amides is 1. The SMILES string of the molecule is Cc1sc(C(=O)Nc2ccc(Br)cn2)cc1N. The van der Waals surface area contributed by atoms with Crippen LogP contribution in [0.25, 0.3) is 0 Å². The number of thiophene rings is 1. The van der Waals surface area contributed by atoms with E-state index in [9.17, 15) is 4.79 Å². The standard InChI is InChI=1S/C11H10BrN3OS/c1-6-8(13)4-9(17-6)11(16)15-10-3-2-7(12)5-14-10/h2-5H,13H2,1H3,(H,14,15,16). The normalized spacial score (nSPS) is 10.2. The first kappa shape index (κ1) is 12.1. The summed E-state index contributed by atoms with van der Waals surface area (Å²) in [6, 6.07) is 5.22. The van der Waals surface area contributed by atoms with Crippen molar-refractivity contribution in [3.8, 4) is 0 Å². The fourth-order valence-corrected chi connectivity index (χ4v) is 2.31. The van der Waals surface area contributed by atoms with Crippen molar-refractivity contribution in [3.05, 3.63) is 38.6 Å². The van der Waals surface area contributed by atoms with Gasteiger partial charge >= 0.3 is 0 Å². The highest BCUT2D eigenvalue weighted by Crippen LogP contribution is 2.24. The van der Waals surface area contributed by atoms with Gasteiger partial charge in [-0.25, -0.2) is 4.98 Å². The molecule has 0 aliphatic carbocycles. The summed E-state index contributed by atoms with van der Waals surface area (Å²) < 4.78 is 0.867. The van der Waals surface area contributed by atoms with Crippen LogP contribution in [0.5, 0.6) is 0 Å².